The number of hydrogen-bond acceptors (Lipinski definition) is 7. The Bertz CT molecular complexity index is 1800. The molecule has 7 rings (SSSR count). The van der Waals surface area contributed by atoms with Crippen molar-refractivity contribution in [3.8, 4) is 22.8 Å². The number of nitrogens with zero attached hydrogens (tertiary/aromatic N) is 5. The molecule has 3 aliphatic heterocycles. The Labute approximate surface area is 208 Å². The van der Waals surface area contributed by atoms with Gasteiger partial charge in [-0.2, -0.15) is 8.78 Å². The predicted molar refractivity (Wildman–Crippen MR) is 129 cm³/mol. The number of fused-ring (bicyclic) bond motifs is 9. The van der Waals surface area contributed by atoms with E-state index < -0.39 is 25.2 Å². The van der Waals surface area contributed by atoms with Crippen molar-refractivity contribution in [1.29, 1.82) is 0 Å². The van der Waals surface area contributed by atoms with Crippen LogP contribution in [0.4, 0.5) is 8.78 Å². The zero-order valence-electron chi connectivity index (χ0n) is 22.1. The fourth-order valence-electron chi connectivity index (χ4n) is 5.25. The van der Waals surface area contributed by atoms with Crippen LogP contribution in [0.15, 0.2) is 42.6 Å². The Hall–Kier alpha value is -4.05. The highest BCUT2D eigenvalue weighted by molar-refractivity contribution is 5.81. The first kappa shape index (κ1) is 18.3. The Morgan fingerprint density at radius 2 is 2.17 bits per heavy atom. The van der Waals surface area contributed by atoms with Gasteiger partial charge in [0.1, 0.15) is 35.1 Å². The first-order valence-corrected chi connectivity index (χ1v) is 11.4. The summed E-state index contributed by atoms with van der Waals surface area (Å²) < 4.78 is 63.7. The molecule has 1 aromatic carbocycles. The number of rotatable bonds is 3. The number of pyridine rings is 2. The lowest BCUT2D eigenvalue weighted by Crippen LogP contribution is -2.35. The average Bonchev–Trinajstić information content (AvgIpc) is 3.46. The van der Waals surface area contributed by atoms with Crippen molar-refractivity contribution < 1.29 is 22.4 Å². The number of imidazole rings is 1. The van der Waals surface area contributed by atoms with Crippen LogP contribution in [0.2, 0.25) is 0 Å². The minimum Gasteiger partial charge on any atom is -0.489 e. The minimum atomic E-state index is -3.05. The third-order valence-electron chi connectivity index (χ3n) is 6.88. The predicted octanol–water partition coefficient (Wildman–Crippen LogP) is 2.45. The van der Waals surface area contributed by atoms with Crippen molar-refractivity contribution >= 4 is 23.1 Å². The van der Waals surface area contributed by atoms with Gasteiger partial charge in [-0.05, 0) is 31.2 Å². The van der Waals surface area contributed by atoms with Gasteiger partial charge >= 0.3 is 6.61 Å². The van der Waals surface area contributed by atoms with Crippen molar-refractivity contribution in [3.63, 3.8) is 0 Å². The van der Waals surface area contributed by atoms with Crippen molar-refractivity contribution in [2.45, 2.75) is 31.5 Å². The van der Waals surface area contributed by atoms with Crippen LogP contribution in [0.3, 0.4) is 0 Å². The molecule has 0 radical (unpaired) electrons. The molecule has 0 amide bonds. The number of nitrogens with two attached hydrogens (primary N) is 1. The number of ether oxygens (including phenoxy) is 2. The first-order valence-electron chi connectivity index (χ1n) is 12.9. The van der Waals surface area contributed by atoms with E-state index in [1.165, 1.54) is 17.2 Å². The van der Waals surface area contributed by atoms with E-state index in [-0.39, 0.29) is 12.2 Å². The van der Waals surface area contributed by atoms with E-state index in [4.69, 9.17) is 29.3 Å². The summed E-state index contributed by atoms with van der Waals surface area (Å²) in [6.45, 7) is -3.38. The van der Waals surface area contributed by atoms with E-state index in [0.717, 1.165) is 0 Å². The van der Waals surface area contributed by atoms with Gasteiger partial charge in [0.2, 0.25) is 0 Å². The van der Waals surface area contributed by atoms with Crippen LogP contribution in [-0.4, -0.2) is 44.6 Å². The van der Waals surface area contributed by atoms with Crippen molar-refractivity contribution in [2.75, 3.05) is 13.6 Å². The van der Waals surface area contributed by atoms with Crippen LogP contribution in [0.5, 0.6) is 11.5 Å². The highest BCUT2D eigenvalue weighted by Gasteiger charge is 2.36. The Kier molecular flexibility index (Phi) is 3.67. The van der Waals surface area contributed by atoms with Crippen LogP contribution in [-0.2, 0) is 5.54 Å². The molecule has 0 spiro atoms. The zero-order valence-corrected chi connectivity index (χ0v) is 19.1. The summed E-state index contributed by atoms with van der Waals surface area (Å²) in [6, 6.07) is 9.45. The topological polar surface area (TPSA) is 91.3 Å². The lowest BCUT2D eigenvalue weighted by atomic mass is 10.0. The average molecular weight is 492 g/mol. The van der Waals surface area contributed by atoms with Crippen LogP contribution in [0.25, 0.3) is 34.3 Å². The summed E-state index contributed by atoms with van der Waals surface area (Å²) in [5.41, 5.74) is 9.14. The molecule has 10 heteroatoms. The lowest BCUT2D eigenvalue weighted by Gasteiger charge is -2.20. The molecule has 36 heavy (non-hydrogen) atoms. The molecule has 4 aromatic rings. The summed E-state index contributed by atoms with van der Waals surface area (Å²) in [6.07, 6.45) is 3.38. The van der Waals surface area contributed by atoms with Gasteiger partial charge in [-0.25, -0.2) is 9.97 Å². The number of alkyl halides is 2. The highest BCUT2D eigenvalue weighted by Crippen LogP contribution is 2.40. The molecule has 0 saturated carbocycles. The Morgan fingerprint density at radius 3 is 3.00 bits per heavy atom. The maximum atomic E-state index is 13.4. The fourth-order valence-corrected chi connectivity index (χ4v) is 5.25. The molecule has 1 unspecified atom stereocenters. The summed E-state index contributed by atoms with van der Waals surface area (Å²) in [4.78, 5) is 15.4. The Morgan fingerprint density at radius 1 is 1.28 bits per heavy atom. The van der Waals surface area contributed by atoms with Crippen molar-refractivity contribution in [3.05, 3.63) is 64.6 Å². The molecular formula is C26H22F2N6O2. The van der Waals surface area contributed by atoms with Gasteiger partial charge in [0.15, 0.2) is 5.65 Å². The standard InChI is InChI=1S/C26H22F2N6O2/c1-26(29)12-35-20-8-14(10-30-22(20)26)15-6-7-16-23(31-15)34-17-9-18(24(34)32-16)33(2)11-13-4-3-5-19(21(13)17)36-25(27)28/h3-8,10-11,18,25H,9,12,29H2,1-2H3/t18-,26?/m1/s1/i2D3. The third kappa shape index (κ3) is 2.97. The minimum absolute atomic E-state index is 0.0458. The number of benzene rings is 1. The summed E-state index contributed by atoms with van der Waals surface area (Å²) in [7, 11) is 0. The van der Waals surface area contributed by atoms with Gasteiger partial charge in [-0.1, -0.05) is 12.1 Å². The van der Waals surface area contributed by atoms with Gasteiger partial charge in [0.25, 0.3) is 0 Å². The van der Waals surface area contributed by atoms with E-state index in [1.54, 1.807) is 35.0 Å². The molecule has 3 aromatic heterocycles. The number of hydrogen-bond donors (Lipinski definition) is 1. The smallest absolute Gasteiger partial charge is 0.387 e. The SMILES string of the molecule is [2H]C([2H])([2H])N1C=c2cccc(OC(F)F)c2=C2C[C@@H]1c1nc3ccc(-c4cnc5c(c4)OCC5(C)N)nc3n12. The van der Waals surface area contributed by atoms with Gasteiger partial charge < -0.3 is 20.1 Å². The molecule has 3 aliphatic rings. The van der Waals surface area contributed by atoms with E-state index >= 15 is 0 Å². The number of halogens is 2. The molecule has 0 aliphatic carbocycles. The van der Waals surface area contributed by atoms with E-state index in [0.29, 0.717) is 62.4 Å². The molecule has 6 heterocycles. The zero-order chi connectivity index (χ0) is 27.3. The van der Waals surface area contributed by atoms with E-state index in [9.17, 15) is 8.78 Å². The molecule has 2 N–H and O–H groups in total. The first-order chi connectivity index (χ1) is 18.5. The van der Waals surface area contributed by atoms with Crippen LogP contribution in [0, 0.1) is 0 Å². The second-order valence-corrected chi connectivity index (χ2v) is 9.42. The van der Waals surface area contributed by atoms with E-state index in [2.05, 4.69) is 4.98 Å². The Balaban J connectivity index is 1.48. The normalized spacial score (nSPS) is 23.2. The monoisotopic (exact) mass is 491 g/mol. The lowest BCUT2D eigenvalue weighted by molar-refractivity contribution is -0.0505. The molecule has 8 nitrogen and oxygen atoms in total. The largest absolute Gasteiger partial charge is 0.489 e. The molecular weight excluding hydrogens is 466 g/mol. The third-order valence-corrected chi connectivity index (χ3v) is 6.88. The maximum absolute atomic E-state index is 13.4. The molecule has 0 fully saturated rings. The van der Waals surface area contributed by atoms with E-state index in [1.807, 2.05) is 13.0 Å². The van der Waals surface area contributed by atoms with Crippen LogP contribution in [0.1, 0.15) is 35.0 Å². The van der Waals surface area contributed by atoms with Gasteiger partial charge in [-0.3, -0.25) is 9.55 Å². The number of aromatic nitrogens is 4. The fraction of sp³-hybridized carbons (Fsp3) is 0.269. The quantitative estimate of drug-likeness (QED) is 0.471. The van der Waals surface area contributed by atoms with Gasteiger partial charge in [0.05, 0.1) is 17.3 Å². The van der Waals surface area contributed by atoms with Gasteiger partial charge in [-0.15, -0.1) is 0 Å². The summed E-state index contributed by atoms with van der Waals surface area (Å²) in [5, 5.41) is 0.838. The summed E-state index contributed by atoms with van der Waals surface area (Å²) in [5.74, 6) is 1.01. The van der Waals surface area contributed by atoms with Crippen LogP contribution < -0.4 is 25.6 Å². The molecule has 0 saturated heterocycles. The second-order valence-electron chi connectivity index (χ2n) is 9.42. The van der Waals surface area contributed by atoms with Gasteiger partial charge in [0, 0.05) is 51.6 Å². The molecule has 2 atom stereocenters. The summed E-state index contributed by atoms with van der Waals surface area (Å²) >= 11 is 0. The van der Waals surface area contributed by atoms with Crippen molar-refractivity contribution in [1.82, 2.24) is 24.4 Å². The molecule has 182 valence electrons. The second kappa shape index (κ2) is 7.23. The molecule has 2 bridgehead atoms. The highest BCUT2D eigenvalue weighted by atomic mass is 19.3. The maximum Gasteiger partial charge on any atom is 0.387 e. The van der Waals surface area contributed by atoms with Crippen molar-refractivity contribution in [2.24, 2.45) is 5.73 Å². The van der Waals surface area contributed by atoms with Crippen LogP contribution >= 0.6 is 0 Å².